The predicted octanol–water partition coefficient (Wildman–Crippen LogP) is 1.25. The van der Waals surface area contributed by atoms with E-state index in [9.17, 15) is 14.0 Å². The summed E-state index contributed by atoms with van der Waals surface area (Å²) in [5, 5.41) is 0. The molecule has 0 bridgehead atoms. The smallest absolute Gasteiger partial charge is 0.241 e. The summed E-state index contributed by atoms with van der Waals surface area (Å²) in [5.74, 6) is -0.0670. The minimum atomic E-state index is -0.483. The summed E-state index contributed by atoms with van der Waals surface area (Å²) in [6, 6.07) is 11.5. The van der Waals surface area contributed by atoms with E-state index < -0.39 is 5.91 Å². The Kier molecular flexibility index (Phi) is 6.54. The number of carbonyl (C=O) groups excluding carboxylic acids is 2. The summed E-state index contributed by atoms with van der Waals surface area (Å²) in [4.78, 5) is 34.2. The topological polar surface area (TPSA) is 82.8 Å². The second kappa shape index (κ2) is 9.27. The average molecular weight is 385 g/mol. The molecular formula is C20H24FN5O2. The number of pyridine rings is 1. The third-order valence-electron chi connectivity index (χ3n) is 4.73. The number of halogens is 1. The molecule has 0 aliphatic carbocycles. The Balaban J connectivity index is 1.60. The van der Waals surface area contributed by atoms with Gasteiger partial charge in [0, 0.05) is 51.0 Å². The number of amides is 2. The highest BCUT2D eigenvalue weighted by Crippen LogP contribution is 2.17. The first-order valence-electron chi connectivity index (χ1n) is 9.25. The van der Waals surface area contributed by atoms with Crippen LogP contribution in [0, 0.1) is 5.82 Å². The van der Waals surface area contributed by atoms with Gasteiger partial charge in [-0.2, -0.15) is 0 Å². The van der Waals surface area contributed by atoms with Crippen LogP contribution in [0.3, 0.4) is 0 Å². The number of rotatable bonds is 7. The number of aromatic nitrogens is 1. The van der Waals surface area contributed by atoms with Crippen LogP contribution in [-0.4, -0.2) is 61.0 Å². The van der Waals surface area contributed by atoms with Crippen LogP contribution >= 0.6 is 0 Å². The first-order chi connectivity index (χ1) is 13.5. The van der Waals surface area contributed by atoms with Gasteiger partial charge in [-0.15, -0.1) is 0 Å². The largest absolute Gasteiger partial charge is 0.370 e. The molecule has 1 aliphatic heterocycles. The van der Waals surface area contributed by atoms with Crippen molar-refractivity contribution < 1.29 is 14.0 Å². The Morgan fingerprint density at radius 3 is 2.39 bits per heavy atom. The quantitative estimate of drug-likeness (QED) is 0.776. The highest BCUT2D eigenvalue weighted by Gasteiger charge is 2.23. The fourth-order valence-corrected chi connectivity index (χ4v) is 3.19. The van der Waals surface area contributed by atoms with Crippen LogP contribution < -0.4 is 15.5 Å². The van der Waals surface area contributed by atoms with Crippen LogP contribution in [0.25, 0.3) is 0 Å². The first-order valence-corrected chi connectivity index (χ1v) is 9.25. The molecule has 148 valence electrons. The van der Waals surface area contributed by atoms with E-state index in [0.717, 1.165) is 32.0 Å². The average Bonchev–Trinajstić information content (AvgIpc) is 2.70. The van der Waals surface area contributed by atoms with Gasteiger partial charge in [-0.1, -0.05) is 6.07 Å². The first kappa shape index (κ1) is 19.8. The van der Waals surface area contributed by atoms with E-state index in [1.807, 2.05) is 18.2 Å². The van der Waals surface area contributed by atoms with Crippen molar-refractivity contribution in [3.8, 4) is 0 Å². The Morgan fingerprint density at radius 2 is 1.79 bits per heavy atom. The predicted molar refractivity (Wildman–Crippen MR) is 105 cm³/mol. The van der Waals surface area contributed by atoms with Gasteiger partial charge in [0.2, 0.25) is 11.8 Å². The summed E-state index contributed by atoms with van der Waals surface area (Å²) in [7, 11) is 0. The molecule has 2 aromatic rings. The fourth-order valence-electron chi connectivity index (χ4n) is 3.19. The zero-order valence-corrected chi connectivity index (χ0v) is 15.6. The number of piperazine rings is 1. The molecule has 2 N–H and O–H groups in total. The van der Waals surface area contributed by atoms with E-state index >= 15 is 0 Å². The van der Waals surface area contributed by atoms with Crippen LogP contribution in [0.4, 0.5) is 15.9 Å². The number of carbonyl (C=O) groups is 2. The molecule has 1 aromatic heterocycles. The molecule has 0 spiro atoms. The number of anilines is 2. The maximum absolute atomic E-state index is 13.2. The van der Waals surface area contributed by atoms with Gasteiger partial charge in [0.05, 0.1) is 6.54 Å². The van der Waals surface area contributed by atoms with Gasteiger partial charge in [-0.3, -0.25) is 14.5 Å². The monoisotopic (exact) mass is 385 g/mol. The van der Waals surface area contributed by atoms with Crippen molar-refractivity contribution in [3.05, 3.63) is 54.5 Å². The number of nitrogens with zero attached hydrogens (tertiary/aromatic N) is 4. The third-order valence-corrected chi connectivity index (χ3v) is 4.73. The maximum Gasteiger partial charge on any atom is 0.241 e. The van der Waals surface area contributed by atoms with Crippen molar-refractivity contribution in [2.24, 2.45) is 5.73 Å². The lowest BCUT2D eigenvalue weighted by Gasteiger charge is -2.36. The van der Waals surface area contributed by atoms with Gasteiger partial charge in [0.15, 0.2) is 0 Å². The summed E-state index contributed by atoms with van der Waals surface area (Å²) in [6.45, 7) is 3.43. The van der Waals surface area contributed by atoms with Crippen molar-refractivity contribution in [2.75, 3.05) is 49.1 Å². The normalized spacial score (nSPS) is 14.7. The molecule has 28 heavy (non-hydrogen) atoms. The molecule has 0 radical (unpaired) electrons. The van der Waals surface area contributed by atoms with E-state index in [4.69, 9.17) is 5.73 Å². The molecule has 1 aliphatic rings. The second-order valence-corrected chi connectivity index (χ2v) is 6.69. The molecule has 0 atom stereocenters. The number of hydrogen-bond acceptors (Lipinski definition) is 5. The van der Waals surface area contributed by atoms with E-state index in [0.29, 0.717) is 5.69 Å². The number of benzene rings is 1. The number of primary amides is 1. The number of hydrogen-bond donors (Lipinski definition) is 1. The van der Waals surface area contributed by atoms with Crippen molar-refractivity contribution in [2.45, 2.75) is 6.42 Å². The molecule has 7 nitrogen and oxygen atoms in total. The Morgan fingerprint density at radius 1 is 1.07 bits per heavy atom. The van der Waals surface area contributed by atoms with Gasteiger partial charge in [-0.05, 0) is 36.4 Å². The third kappa shape index (κ3) is 5.26. The zero-order chi connectivity index (χ0) is 19.9. The lowest BCUT2D eigenvalue weighted by molar-refractivity contribution is -0.120. The van der Waals surface area contributed by atoms with E-state index in [-0.39, 0.29) is 31.2 Å². The van der Waals surface area contributed by atoms with E-state index in [2.05, 4.69) is 14.8 Å². The van der Waals surface area contributed by atoms with Crippen LogP contribution in [-0.2, 0) is 9.59 Å². The Bertz CT molecular complexity index is 792. The molecule has 8 heteroatoms. The van der Waals surface area contributed by atoms with Crippen LogP contribution in [0.15, 0.2) is 48.7 Å². The summed E-state index contributed by atoms with van der Waals surface area (Å²) >= 11 is 0. The van der Waals surface area contributed by atoms with Crippen molar-refractivity contribution in [1.29, 1.82) is 0 Å². The second-order valence-electron chi connectivity index (χ2n) is 6.69. The molecule has 1 saturated heterocycles. The van der Waals surface area contributed by atoms with Crippen LogP contribution in [0.1, 0.15) is 6.42 Å². The minimum absolute atomic E-state index is 0.0522. The summed E-state index contributed by atoms with van der Waals surface area (Å²) in [6.07, 6.45) is 1.82. The van der Waals surface area contributed by atoms with E-state index in [1.54, 1.807) is 6.20 Å². The Labute approximate surface area is 163 Å². The molecule has 3 rings (SSSR count). The van der Waals surface area contributed by atoms with E-state index in [1.165, 1.54) is 29.2 Å². The summed E-state index contributed by atoms with van der Waals surface area (Å²) in [5.41, 5.74) is 5.79. The highest BCUT2D eigenvalue weighted by atomic mass is 19.1. The van der Waals surface area contributed by atoms with Crippen LogP contribution in [0.2, 0.25) is 0 Å². The van der Waals surface area contributed by atoms with Gasteiger partial charge in [-0.25, -0.2) is 9.37 Å². The van der Waals surface area contributed by atoms with Gasteiger partial charge in [0.25, 0.3) is 0 Å². The number of nitrogens with two attached hydrogens (primary N) is 1. The van der Waals surface area contributed by atoms with Crippen molar-refractivity contribution in [1.82, 2.24) is 9.88 Å². The lowest BCUT2D eigenvalue weighted by atomic mass is 10.2. The minimum Gasteiger partial charge on any atom is -0.370 e. The molecule has 2 amide bonds. The molecule has 1 aromatic carbocycles. The van der Waals surface area contributed by atoms with Gasteiger partial charge >= 0.3 is 0 Å². The maximum atomic E-state index is 13.2. The van der Waals surface area contributed by atoms with Gasteiger partial charge in [0.1, 0.15) is 11.6 Å². The van der Waals surface area contributed by atoms with Gasteiger partial charge < -0.3 is 15.5 Å². The molecule has 0 saturated carbocycles. The van der Waals surface area contributed by atoms with Crippen molar-refractivity contribution in [3.63, 3.8) is 0 Å². The zero-order valence-electron chi connectivity index (χ0n) is 15.6. The van der Waals surface area contributed by atoms with Crippen LogP contribution in [0.5, 0.6) is 0 Å². The molecule has 1 fully saturated rings. The lowest BCUT2D eigenvalue weighted by Crippen LogP contribution is -2.50. The van der Waals surface area contributed by atoms with Crippen molar-refractivity contribution >= 4 is 23.3 Å². The SMILES string of the molecule is NC(=O)CCN(C(=O)CN1CCN(c2ccccn2)CC1)c1ccc(F)cc1. The standard InChI is InChI=1S/C20H24FN5O2/c21-16-4-6-17(7-5-16)26(10-8-18(22)27)20(28)15-24-11-13-25(14-12-24)19-3-1-2-9-23-19/h1-7,9H,8,10-15H2,(H2,22,27). The Hall–Kier alpha value is -3.00. The highest BCUT2D eigenvalue weighted by molar-refractivity contribution is 5.95. The molecule has 0 unspecified atom stereocenters. The molecule has 2 heterocycles. The fraction of sp³-hybridized carbons (Fsp3) is 0.350. The molecular weight excluding hydrogens is 361 g/mol. The summed E-state index contributed by atoms with van der Waals surface area (Å²) < 4.78 is 13.2.